The van der Waals surface area contributed by atoms with Gasteiger partial charge in [-0.25, -0.2) is 4.98 Å². The summed E-state index contributed by atoms with van der Waals surface area (Å²) in [4.78, 5) is 4.25. The Balaban J connectivity index is 2.11. The van der Waals surface area contributed by atoms with Gasteiger partial charge in [0, 0.05) is 5.92 Å². The highest BCUT2D eigenvalue weighted by molar-refractivity contribution is 6.16. The van der Waals surface area contributed by atoms with Crippen LogP contribution < -0.4 is 0 Å². The van der Waals surface area contributed by atoms with E-state index in [0.29, 0.717) is 11.8 Å². The molecule has 0 bridgehead atoms. The topological polar surface area (TPSA) is 26.0 Å². The number of halogens is 1. The monoisotopic (exact) mass is 171 g/mol. The van der Waals surface area contributed by atoms with Crippen LogP contribution in [0.5, 0.6) is 0 Å². The van der Waals surface area contributed by atoms with E-state index in [1.165, 1.54) is 19.3 Å². The van der Waals surface area contributed by atoms with Crippen LogP contribution in [0.15, 0.2) is 10.7 Å². The molecule has 0 N–H and O–H groups in total. The minimum atomic E-state index is 0.455. The summed E-state index contributed by atoms with van der Waals surface area (Å²) >= 11 is 5.58. The van der Waals surface area contributed by atoms with Crippen molar-refractivity contribution in [2.24, 2.45) is 0 Å². The summed E-state index contributed by atoms with van der Waals surface area (Å²) in [5, 5.41) is 0. The Morgan fingerprint density at radius 3 is 2.91 bits per heavy atom. The molecule has 11 heavy (non-hydrogen) atoms. The Morgan fingerprint density at radius 2 is 2.45 bits per heavy atom. The number of alkyl halides is 1. The Bertz CT molecular complexity index is 242. The molecule has 1 saturated carbocycles. The molecule has 0 spiro atoms. The van der Waals surface area contributed by atoms with Crippen LogP contribution in [-0.2, 0) is 5.88 Å². The third kappa shape index (κ3) is 1.27. The van der Waals surface area contributed by atoms with Crippen LogP contribution in [0.4, 0.5) is 0 Å². The van der Waals surface area contributed by atoms with E-state index in [1.54, 1.807) is 6.26 Å². The van der Waals surface area contributed by atoms with Gasteiger partial charge in [0.25, 0.3) is 0 Å². The third-order valence-corrected chi connectivity index (χ3v) is 2.43. The first-order valence-electron chi connectivity index (χ1n) is 3.90. The van der Waals surface area contributed by atoms with Crippen molar-refractivity contribution < 1.29 is 4.42 Å². The quantitative estimate of drug-likeness (QED) is 0.640. The second-order valence-electron chi connectivity index (χ2n) is 2.94. The number of rotatable bonds is 2. The summed E-state index contributed by atoms with van der Waals surface area (Å²) in [5.41, 5.74) is 0.855. The summed E-state index contributed by atoms with van der Waals surface area (Å²) < 4.78 is 5.26. The molecule has 0 unspecified atom stereocenters. The second kappa shape index (κ2) is 2.86. The van der Waals surface area contributed by atoms with Crippen molar-refractivity contribution in [1.29, 1.82) is 0 Å². The van der Waals surface area contributed by atoms with Gasteiger partial charge in [0.1, 0.15) is 6.26 Å². The maximum Gasteiger partial charge on any atom is 0.197 e. The lowest BCUT2D eigenvalue weighted by atomic mass is 9.85. The van der Waals surface area contributed by atoms with Crippen LogP contribution >= 0.6 is 11.6 Å². The van der Waals surface area contributed by atoms with E-state index in [9.17, 15) is 0 Å². The highest BCUT2D eigenvalue weighted by atomic mass is 35.5. The molecular formula is C8H10ClNO. The predicted molar refractivity (Wildman–Crippen MR) is 42.7 cm³/mol. The fourth-order valence-electron chi connectivity index (χ4n) is 1.23. The summed E-state index contributed by atoms with van der Waals surface area (Å²) in [7, 11) is 0. The average molecular weight is 172 g/mol. The molecular weight excluding hydrogens is 162 g/mol. The van der Waals surface area contributed by atoms with E-state index in [-0.39, 0.29) is 0 Å². The Kier molecular flexibility index (Phi) is 1.86. The summed E-state index contributed by atoms with van der Waals surface area (Å²) in [5.74, 6) is 1.91. The molecule has 0 aliphatic heterocycles. The van der Waals surface area contributed by atoms with Gasteiger partial charge in [-0.2, -0.15) is 0 Å². The number of nitrogens with zero attached hydrogens (tertiary/aromatic N) is 1. The van der Waals surface area contributed by atoms with Gasteiger partial charge in [0.05, 0.1) is 11.6 Å². The Labute approximate surface area is 70.6 Å². The van der Waals surface area contributed by atoms with Crippen molar-refractivity contribution in [2.45, 2.75) is 31.1 Å². The van der Waals surface area contributed by atoms with E-state index in [0.717, 1.165) is 11.6 Å². The van der Waals surface area contributed by atoms with Crippen LogP contribution in [0.1, 0.15) is 36.8 Å². The molecule has 1 aromatic rings. The molecule has 1 aliphatic rings. The fraction of sp³-hybridized carbons (Fsp3) is 0.625. The molecule has 0 aromatic carbocycles. The molecule has 60 valence electrons. The zero-order chi connectivity index (χ0) is 7.68. The van der Waals surface area contributed by atoms with Crippen molar-refractivity contribution in [3.63, 3.8) is 0 Å². The van der Waals surface area contributed by atoms with Crippen LogP contribution in [0, 0.1) is 0 Å². The highest BCUT2D eigenvalue weighted by Gasteiger charge is 2.23. The molecule has 1 fully saturated rings. The van der Waals surface area contributed by atoms with Gasteiger partial charge < -0.3 is 4.42 Å². The largest absolute Gasteiger partial charge is 0.448 e. The first kappa shape index (κ1) is 7.17. The van der Waals surface area contributed by atoms with Crippen LogP contribution in [0.2, 0.25) is 0 Å². The van der Waals surface area contributed by atoms with Gasteiger partial charge in [-0.15, -0.1) is 11.6 Å². The number of oxazole rings is 1. The molecule has 1 aliphatic carbocycles. The summed E-state index contributed by atoms with van der Waals surface area (Å²) in [6.07, 6.45) is 5.41. The lowest BCUT2D eigenvalue weighted by molar-refractivity contribution is 0.335. The molecule has 2 rings (SSSR count). The van der Waals surface area contributed by atoms with E-state index in [4.69, 9.17) is 16.0 Å². The molecule has 0 radical (unpaired) electrons. The molecule has 2 nitrogen and oxygen atoms in total. The first-order valence-corrected chi connectivity index (χ1v) is 4.44. The van der Waals surface area contributed by atoms with Gasteiger partial charge >= 0.3 is 0 Å². The Morgan fingerprint density at radius 1 is 1.64 bits per heavy atom. The maximum absolute atomic E-state index is 5.58. The fourth-order valence-corrected chi connectivity index (χ4v) is 1.35. The summed E-state index contributed by atoms with van der Waals surface area (Å²) in [6.45, 7) is 0. The smallest absolute Gasteiger partial charge is 0.197 e. The lowest BCUT2D eigenvalue weighted by Gasteiger charge is -2.21. The van der Waals surface area contributed by atoms with Gasteiger partial charge in [-0.05, 0) is 12.8 Å². The van der Waals surface area contributed by atoms with Crippen molar-refractivity contribution in [3.05, 3.63) is 17.8 Å². The van der Waals surface area contributed by atoms with Gasteiger partial charge in [-0.1, -0.05) is 6.42 Å². The first-order chi connectivity index (χ1) is 5.40. The number of aromatic nitrogens is 1. The average Bonchev–Trinajstić information content (AvgIpc) is 2.32. The van der Waals surface area contributed by atoms with E-state index >= 15 is 0 Å². The summed E-state index contributed by atoms with van der Waals surface area (Å²) in [6, 6.07) is 0. The van der Waals surface area contributed by atoms with Crippen LogP contribution in [0.25, 0.3) is 0 Å². The number of hydrogen-bond acceptors (Lipinski definition) is 2. The maximum atomic E-state index is 5.58. The minimum Gasteiger partial charge on any atom is -0.448 e. The van der Waals surface area contributed by atoms with Crippen molar-refractivity contribution in [2.75, 3.05) is 0 Å². The van der Waals surface area contributed by atoms with Crippen molar-refractivity contribution in [3.8, 4) is 0 Å². The van der Waals surface area contributed by atoms with Crippen molar-refractivity contribution >= 4 is 11.6 Å². The molecule has 0 amide bonds. The molecule has 0 saturated heterocycles. The standard InChI is InChI=1S/C8H10ClNO/c9-4-7-5-11-8(10-7)6-2-1-3-6/h5-6H,1-4H2. The Hall–Kier alpha value is -0.500. The predicted octanol–water partition coefficient (Wildman–Crippen LogP) is 2.68. The molecule has 3 heteroatoms. The van der Waals surface area contributed by atoms with E-state index in [2.05, 4.69) is 4.98 Å². The van der Waals surface area contributed by atoms with Crippen molar-refractivity contribution in [1.82, 2.24) is 4.98 Å². The molecule has 1 aromatic heterocycles. The zero-order valence-electron chi connectivity index (χ0n) is 6.22. The highest BCUT2D eigenvalue weighted by Crippen LogP contribution is 2.35. The van der Waals surface area contributed by atoms with Gasteiger partial charge in [0.15, 0.2) is 5.89 Å². The lowest BCUT2D eigenvalue weighted by Crippen LogP contribution is -2.08. The SMILES string of the molecule is ClCc1coc(C2CCC2)n1. The normalized spacial score (nSPS) is 18.3. The molecule has 1 heterocycles. The second-order valence-corrected chi connectivity index (χ2v) is 3.21. The van der Waals surface area contributed by atoms with Crippen LogP contribution in [0.3, 0.4) is 0 Å². The zero-order valence-corrected chi connectivity index (χ0v) is 6.97. The van der Waals surface area contributed by atoms with Gasteiger partial charge in [0.2, 0.25) is 0 Å². The van der Waals surface area contributed by atoms with Crippen LogP contribution in [-0.4, -0.2) is 4.98 Å². The van der Waals surface area contributed by atoms with Gasteiger partial charge in [-0.3, -0.25) is 0 Å². The minimum absolute atomic E-state index is 0.455. The third-order valence-electron chi connectivity index (χ3n) is 2.16. The van der Waals surface area contributed by atoms with E-state index < -0.39 is 0 Å². The van der Waals surface area contributed by atoms with E-state index in [1.807, 2.05) is 0 Å². The molecule has 0 atom stereocenters. The number of hydrogen-bond donors (Lipinski definition) is 0.